The lowest BCUT2D eigenvalue weighted by atomic mass is 10.1. The third-order valence-corrected chi connectivity index (χ3v) is 3.29. The fourth-order valence-electron chi connectivity index (χ4n) is 1.78. The Kier molecular flexibility index (Phi) is 4.64. The van der Waals surface area contributed by atoms with E-state index >= 15 is 0 Å². The average Bonchev–Trinajstić information content (AvgIpc) is 2.47. The molecular formula is C14H10BrFN2O3. The van der Waals surface area contributed by atoms with Crippen LogP contribution in [0, 0.1) is 15.9 Å². The molecule has 1 amide bonds. The zero-order valence-electron chi connectivity index (χ0n) is 10.7. The second-order valence-corrected chi connectivity index (χ2v) is 5.11. The first-order chi connectivity index (χ1) is 9.99. The largest absolute Gasteiger partial charge is 0.348 e. The van der Waals surface area contributed by atoms with E-state index in [1.165, 1.54) is 36.4 Å². The van der Waals surface area contributed by atoms with Gasteiger partial charge in [-0.2, -0.15) is 0 Å². The molecular weight excluding hydrogens is 343 g/mol. The van der Waals surface area contributed by atoms with Crippen molar-refractivity contribution in [2.75, 3.05) is 0 Å². The Morgan fingerprint density at radius 1 is 1.29 bits per heavy atom. The summed E-state index contributed by atoms with van der Waals surface area (Å²) in [7, 11) is 0. The first kappa shape index (κ1) is 15.1. The van der Waals surface area contributed by atoms with Crippen molar-refractivity contribution in [1.29, 1.82) is 0 Å². The SMILES string of the molecule is O=C(NCc1ccccc1[N+](=O)[O-])c1cc(Br)ccc1F. The summed E-state index contributed by atoms with van der Waals surface area (Å²) in [5.74, 6) is -1.29. The van der Waals surface area contributed by atoms with Crippen molar-refractivity contribution in [2.45, 2.75) is 6.54 Å². The van der Waals surface area contributed by atoms with E-state index in [1.54, 1.807) is 6.07 Å². The van der Waals surface area contributed by atoms with Gasteiger partial charge >= 0.3 is 0 Å². The first-order valence-corrected chi connectivity index (χ1v) is 6.74. The molecule has 0 fully saturated rings. The zero-order chi connectivity index (χ0) is 15.4. The number of carbonyl (C=O) groups excluding carboxylic acids is 1. The van der Waals surface area contributed by atoms with Crippen molar-refractivity contribution < 1.29 is 14.1 Å². The van der Waals surface area contributed by atoms with Crippen molar-refractivity contribution in [1.82, 2.24) is 5.32 Å². The minimum absolute atomic E-state index is 0.0536. The summed E-state index contributed by atoms with van der Waals surface area (Å²) in [6.07, 6.45) is 0. The molecule has 0 aliphatic carbocycles. The first-order valence-electron chi connectivity index (χ1n) is 5.94. The maximum atomic E-state index is 13.6. The molecule has 0 aliphatic heterocycles. The maximum Gasteiger partial charge on any atom is 0.274 e. The molecule has 1 N–H and O–H groups in total. The third-order valence-electron chi connectivity index (χ3n) is 2.80. The Morgan fingerprint density at radius 3 is 2.71 bits per heavy atom. The predicted octanol–water partition coefficient (Wildman–Crippen LogP) is 3.43. The molecule has 0 unspecified atom stereocenters. The lowest BCUT2D eigenvalue weighted by Crippen LogP contribution is -2.24. The van der Waals surface area contributed by atoms with Gasteiger partial charge in [0.2, 0.25) is 0 Å². The highest BCUT2D eigenvalue weighted by atomic mass is 79.9. The molecule has 0 atom stereocenters. The summed E-state index contributed by atoms with van der Waals surface area (Å²) in [6.45, 7) is -0.0536. The van der Waals surface area contributed by atoms with Gasteiger partial charge in [0, 0.05) is 22.6 Å². The molecule has 108 valence electrons. The number of hydrogen-bond acceptors (Lipinski definition) is 3. The number of para-hydroxylation sites is 1. The number of rotatable bonds is 4. The standard InChI is InChI=1S/C14H10BrFN2O3/c15-10-5-6-12(16)11(7-10)14(19)17-8-9-3-1-2-4-13(9)18(20)21/h1-7H,8H2,(H,17,19). The molecule has 0 bridgehead atoms. The molecule has 0 saturated heterocycles. The van der Waals surface area contributed by atoms with Gasteiger partial charge in [0.25, 0.3) is 11.6 Å². The number of halogens is 2. The number of hydrogen-bond donors (Lipinski definition) is 1. The van der Waals surface area contributed by atoms with Gasteiger partial charge in [-0.15, -0.1) is 0 Å². The summed E-state index contributed by atoms with van der Waals surface area (Å²) in [4.78, 5) is 22.3. The van der Waals surface area contributed by atoms with Gasteiger partial charge in [0.15, 0.2) is 0 Å². The molecule has 5 nitrogen and oxygen atoms in total. The Morgan fingerprint density at radius 2 is 2.00 bits per heavy atom. The molecule has 0 aliphatic rings. The Balaban J connectivity index is 2.15. The van der Waals surface area contributed by atoms with Crippen LogP contribution in [0.4, 0.5) is 10.1 Å². The Labute approximate surface area is 128 Å². The van der Waals surface area contributed by atoms with E-state index in [4.69, 9.17) is 0 Å². The molecule has 0 heterocycles. The summed E-state index contributed by atoms with van der Waals surface area (Å²) < 4.78 is 14.1. The van der Waals surface area contributed by atoms with E-state index in [2.05, 4.69) is 21.2 Å². The van der Waals surface area contributed by atoms with Gasteiger partial charge in [-0.3, -0.25) is 14.9 Å². The smallest absolute Gasteiger partial charge is 0.274 e. The fraction of sp³-hybridized carbons (Fsp3) is 0.0714. The lowest BCUT2D eigenvalue weighted by molar-refractivity contribution is -0.385. The highest BCUT2D eigenvalue weighted by Crippen LogP contribution is 2.18. The van der Waals surface area contributed by atoms with E-state index in [-0.39, 0.29) is 17.8 Å². The molecule has 2 rings (SSSR count). The quantitative estimate of drug-likeness (QED) is 0.676. The maximum absolute atomic E-state index is 13.6. The van der Waals surface area contributed by atoms with Crippen LogP contribution >= 0.6 is 15.9 Å². The van der Waals surface area contributed by atoms with Gasteiger partial charge in [-0.1, -0.05) is 34.1 Å². The fourth-order valence-corrected chi connectivity index (χ4v) is 2.14. The van der Waals surface area contributed by atoms with Crippen molar-refractivity contribution >= 4 is 27.5 Å². The van der Waals surface area contributed by atoms with E-state index in [0.717, 1.165) is 0 Å². The second kappa shape index (κ2) is 6.45. The van der Waals surface area contributed by atoms with Crippen LogP contribution in [0.5, 0.6) is 0 Å². The van der Waals surface area contributed by atoms with Crippen LogP contribution in [0.3, 0.4) is 0 Å². The molecule has 7 heteroatoms. The van der Waals surface area contributed by atoms with Gasteiger partial charge in [-0.25, -0.2) is 4.39 Å². The summed E-state index contributed by atoms with van der Waals surface area (Å²) >= 11 is 3.16. The van der Waals surface area contributed by atoms with Gasteiger partial charge in [-0.05, 0) is 18.2 Å². The van der Waals surface area contributed by atoms with Crippen LogP contribution in [0.2, 0.25) is 0 Å². The van der Waals surface area contributed by atoms with E-state index < -0.39 is 16.6 Å². The second-order valence-electron chi connectivity index (χ2n) is 4.19. The number of nitro benzene ring substituents is 1. The van der Waals surface area contributed by atoms with Crippen molar-refractivity contribution in [3.05, 3.63) is 74.0 Å². The molecule has 2 aromatic carbocycles. The van der Waals surface area contributed by atoms with Crippen LogP contribution in [-0.4, -0.2) is 10.8 Å². The molecule has 21 heavy (non-hydrogen) atoms. The number of benzene rings is 2. The van der Waals surface area contributed by atoms with Gasteiger partial charge < -0.3 is 5.32 Å². The molecule has 0 radical (unpaired) electrons. The highest BCUT2D eigenvalue weighted by Gasteiger charge is 2.15. The summed E-state index contributed by atoms with van der Waals surface area (Å²) in [6, 6.07) is 10.1. The predicted molar refractivity (Wildman–Crippen MR) is 78.4 cm³/mol. The number of amides is 1. The number of nitro groups is 1. The monoisotopic (exact) mass is 352 g/mol. The summed E-state index contributed by atoms with van der Waals surface area (Å²) in [5, 5.41) is 13.3. The van der Waals surface area contributed by atoms with Gasteiger partial charge in [0.1, 0.15) is 5.82 Å². The van der Waals surface area contributed by atoms with E-state index in [0.29, 0.717) is 10.0 Å². The molecule has 2 aromatic rings. The minimum Gasteiger partial charge on any atom is -0.348 e. The van der Waals surface area contributed by atoms with E-state index in [1.807, 2.05) is 0 Å². The van der Waals surface area contributed by atoms with Crippen LogP contribution in [0.15, 0.2) is 46.9 Å². The normalized spacial score (nSPS) is 10.2. The van der Waals surface area contributed by atoms with Crippen LogP contribution in [0.25, 0.3) is 0 Å². The topological polar surface area (TPSA) is 72.2 Å². The number of carbonyl (C=O) groups is 1. The third kappa shape index (κ3) is 3.63. The zero-order valence-corrected chi connectivity index (χ0v) is 12.3. The number of nitrogens with zero attached hydrogens (tertiary/aromatic N) is 1. The van der Waals surface area contributed by atoms with Crippen molar-refractivity contribution in [3.8, 4) is 0 Å². The van der Waals surface area contributed by atoms with Gasteiger partial charge in [0.05, 0.1) is 10.5 Å². The average molecular weight is 353 g/mol. The van der Waals surface area contributed by atoms with Crippen molar-refractivity contribution in [3.63, 3.8) is 0 Å². The lowest BCUT2D eigenvalue weighted by Gasteiger charge is -2.07. The van der Waals surface area contributed by atoms with Crippen LogP contribution in [0.1, 0.15) is 15.9 Å². The Hall–Kier alpha value is -2.28. The highest BCUT2D eigenvalue weighted by molar-refractivity contribution is 9.10. The number of nitrogens with one attached hydrogen (secondary N) is 1. The van der Waals surface area contributed by atoms with E-state index in [9.17, 15) is 19.3 Å². The minimum atomic E-state index is -0.654. The molecule has 0 spiro atoms. The van der Waals surface area contributed by atoms with Crippen LogP contribution < -0.4 is 5.32 Å². The Bertz CT molecular complexity index is 706. The molecule has 0 aromatic heterocycles. The van der Waals surface area contributed by atoms with Crippen LogP contribution in [-0.2, 0) is 6.54 Å². The van der Waals surface area contributed by atoms with Crippen molar-refractivity contribution in [2.24, 2.45) is 0 Å². The summed E-state index contributed by atoms with van der Waals surface area (Å²) in [5.41, 5.74) is 0.140. The molecule has 0 saturated carbocycles.